The summed E-state index contributed by atoms with van der Waals surface area (Å²) in [6, 6.07) is 3.40. The Hall–Kier alpha value is -1.90. The standard InChI is InChI=1S/C14H13Cl2NO4/c1-3-4-11(14(19)20)17-13(18)8(2)21-12-6-5-9(15)7-10(12)16/h1,5-8,11H,4H2,2H3,(H,17,18)(H,19,20). The fourth-order valence-electron chi connectivity index (χ4n) is 1.42. The van der Waals surface area contributed by atoms with Crippen LogP contribution in [0.15, 0.2) is 18.2 Å². The van der Waals surface area contributed by atoms with Gasteiger partial charge >= 0.3 is 5.97 Å². The van der Waals surface area contributed by atoms with E-state index in [2.05, 4.69) is 11.2 Å². The van der Waals surface area contributed by atoms with Crippen molar-refractivity contribution in [3.05, 3.63) is 28.2 Å². The van der Waals surface area contributed by atoms with Crippen LogP contribution in [0.5, 0.6) is 5.75 Å². The Kier molecular flexibility index (Phi) is 6.35. The van der Waals surface area contributed by atoms with Crippen LogP contribution >= 0.6 is 23.2 Å². The van der Waals surface area contributed by atoms with Crippen LogP contribution in [0.3, 0.4) is 0 Å². The third-order valence-corrected chi connectivity index (χ3v) is 3.03. The van der Waals surface area contributed by atoms with Gasteiger partial charge in [-0.2, -0.15) is 0 Å². The molecular weight excluding hydrogens is 317 g/mol. The monoisotopic (exact) mass is 329 g/mol. The Morgan fingerprint density at radius 3 is 2.67 bits per heavy atom. The number of rotatable bonds is 6. The van der Waals surface area contributed by atoms with Gasteiger partial charge in [0, 0.05) is 11.4 Å². The van der Waals surface area contributed by atoms with Gasteiger partial charge in [-0.25, -0.2) is 4.79 Å². The molecule has 1 amide bonds. The first kappa shape index (κ1) is 17.2. The third kappa shape index (κ3) is 5.18. The highest BCUT2D eigenvalue weighted by Gasteiger charge is 2.23. The summed E-state index contributed by atoms with van der Waals surface area (Å²) in [6.45, 7) is 1.47. The fourth-order valence-corrected chi connectivity index (χ4v) is 1.87. The van der Waals surface area contributed by atoms with Crippen LogP contribution in [0.25, 0.3) is 0 Å². The average molecular weight is 330 g/mol. The molecule has 0 bridgehead atoms. The molecule has 5 nitrogen and oxygen atoms in total. The second-order valence-electron chi connectivity index (χ2n) is 4.14. The van der Waals surface area contributed by atoms with Crippen molar-refractivity contribution in [1.29, 1.82) is 0 Å². The molecule has 0 heterocycles. The molecule has 21 heavy (non-hydrogen) atoms. The van der Waals surface area contributed by atoms with E-state index in [-0.39, 0.29) is 17.2 Å². The number of carboxylic acids is 1. The zero-order valence-corrected chi connectivity index (χ0v) is 12.6. The van der Waals surface area contributed by atoms with Gasteiger partial charge in [0.05, 0.1) is 5.02 Å². The number of nitrogens with one attached hydrogen (secondary N) is 1. The summed E-state index contributed by atoms with van der Waals surface area (Å²) in [5.41, 5.74) is 0. The van der Waals surface area contributed by atoms with Gasteiger partial charge in [-0.1, -0.05) is 23.2 Å². The highest BCUT2D eigenvalue weighted by molar-refractivity contribution is 6.35. The summed E-state index contributed by atoms with van der Waals surface area (Å²) >= 11 is 11.7. The molecule has 2 atom stereocenters. The number of terminal acetylenes is 1. The zero-order valence-electron chi connectivity index (χ0n) is 11.1. The highest BCUT2D eigenvalue weighted by Crippen LogP contribution is 2.28. The number of carbonyl (C=O) groups excluding carboxylic acids is 1. The van der Waals surface area contributed by atoms with E-state index in [1.54, 1.807) is 6.07 Å². The van der Waals surface area contributed by atoms with Crippen LogP contribution in [-0.4, -0.2) is 29.1 Å². The summed E-state index contributed by atoms with van der Waals surface area (Å²) in [6.07, 6.45) is 3.99. The van der Waals surface area contributed by atoms with E-state index in [0.717, 1.165) is 0 Å². The molecule has 2 N–H and O–H groups in total. The molecule has 2 unspecified atom stereocenters. The summed E-state index contributed by atoms with van der Waals surface area (Å²) < 4.78 is 5.37. The lowest BCUT2D eigenvalue weighted by Crippen LogP contribution is -2.46. The topological polar surface area (TPSA) is 75.6 Å². The molecular formula is C14H13Cl2NO4. The molecule has 1 rings (SSSR count). The summed E-state index contributed by atoms with van der Waals surface area (Å²) in [5, 5.41) is 11.9. The number of aliphatic carboxylic acids is 1. The predicted molar refractivity (Wildman–Crippen MR) is 79.6 cm³/mol. The summed E-state index contributed by atoms with van der Waals surface area (Å²) in [4.78, 5) is 22.8. The van der Waals surface area contributed by atoms with Crippen molar-refractivity contribution in [1.82, 2.24) is 5.32 Å². The number of halogens is 2. The molecule has 1 aromatic carbocycles. The summed E-state index contributed by atoms with van der Waals surface area (Å²) in [5.74, 6) is 0.639. The molecule has 0 fully saturated rings. The smallest absolute Gasteiger partial charge is 0.327 e. The quantitative estimate of drug-likeness (QED) is 0.785. The van der Waals surface area contributed by atoms with E-state index in [4.69, 9.17) is 39.5 Å². The maximum atomic E-state index is 11.9. The number of amides is 1. The van der Waals surface area contributed by atoms with E-state index < -0.39 is 24.0 Å². The van der Waals surface area contributed by atoms with Crippen LogP contribution in [0.1, 0.15) is 13.3 Å². The van der Waals surface area contributed by atoms with Gasteiger partial charge in [0.25, 0.3) is 5.91 Å². The maximum Gasteiger partial charge on any atom is 0.327 e. The second kappa shape index (κ2) is 7.77. The lowest BCUT2D eigenvalue weighted by Gasteiger charge is -2.18. The molecule has 1 aromatic rings. The number of hydrogen-bond donors (Lipinski definition) is 2. The Bertz CT molecular complexity index is 583. The minimum Gasteiger partial charge on any atom is -0.480 e. The minimum atomic E-state index is -1.21. The van der Waals surface area contributed by atoms with E-state index >= 15 is 0 Å². The van der Waals surface area contributed by atoms with Crippen molar-refractivity contribution in [3.63, 3.8) is 0 Å². The highest BCUT2D eigenvalue weighted by atomic mass is 35.5. The number of carbonyl (C=O) groups is 2. The lowest BCUT2D eigenvalue weighted by molar-refractivity contribution is -0.142. The average Bonchev–Trinajstić information content (AvgIpc) is 2.41. The van der Waals surface area contributed by atoms with E-state index in [1.807, 2.05) is 0 Å². The maximum absolute atomic E-state index is 11.9. The van der Waals surface area contributed by atoms with Crippen LogP contribution < -0.4 is 10.1 Å². The van der Waals surface area contributed by atoms with Gasteiger partial charge < -0.3 is 15.2 Å². The minimum absolute atomic E-state index is 0.116. The van der Waals surface area contributed by atoms with Gasteiger partial charge in [0.15, 0.2) is 6.10 Å². The molecule has 0 aliphatic rings. The molecule has 0 aliphatic carbocycles. The van der Waals surface area contributed by atoms with Gasteiger partial charge in [-0.3, -0.25) is 4.79 Å². The molecule has 7 heteroatoms. The first-order valence-electron chi connectivity index (χ1n) is 5.93. The van der Waals surface area contributed by atoms with Crippen molar-refractivity contribution in [2.75, 3.05) is 0 Å². The van der Waals surface area contributed by atoms with Crippen molar-refractivity contribution >= 4 is 35.1 Å². The normalized spacial score (nSPS) is 12.9. The van der Waals surface area contributed by atoms with Crippen LogP contribution in [0, 0.1) is 12.3 Å². The molecule has 0 aliphatic heterocycles. The van der Waals surface area contributed by atoms with Crippen molar-refractivity contribution in [2.45, 2.75) is 25.5 Å². The molecule has 112 valence electrons. The Balaban J connectivity index is 2.70. The van der Waals surface area contributed by atoms with Crippen molar-refractivity contribution in [3.8, 4) is 18.1 Å². The van der Waals surface area contributed by atoms with E-state index in [0.29, 0.717) is 5.02 Å². The number of benzene rings is 1. The van der Waals surface area contributed by atoms with Crippen LogP contribution in [0.4, 0.5) is 0 Å². The van der Waals surface area contributed by atoms with Gasteiger partial charge in [-0.05, 0) is 25.1 Å². The van der Waals surface area contributed by atoms with E-state index in [1.165, 1.54) is 19.1 Å². The Morgan fingerprint density at radius 2 is 2.14 bits per heavy atom. The SMILES string of the molecule is C#CCC(NC(=O)C(C)Oc1ccc(Cl)cc1Cl)C(=O)O. The number of ether oxygens (including phenoxy) is 1. The molecule has 0 aromatic heterocycles. The van der Waals surface area contributed by atoms with Crippen molar-refractivity contribution in [2.24, 2.45) is 0 Å². The first-order chi connectivity index (χ1) is 9.85. The third-order valence-electron chi connectivity index (χ3n) is 2.50. The largest absolute Gasteiger partial charge is 0.480 e. The van der Waals surface area contributed by atoms with E-state index in [9.17, 15) is 9.59 Å². The predicted octanol–water partition coefficient (Wildman–Crippen LogP) is 2.35. The molecule has 0 spiro atoms. The van der Waals surface area contributed by atoms with Gasteiger partial charge in [-0.15, -0.1) is 12.3 Å². The number of hydrogen-bond acceptors (Lipinski definition) is 3. The zero-order chi connectivity index (χ0) is 16.0. The molecule has 0 radical (unpaired) electrons. The lowest BCUT2D eigenvalue weighted by atomic mass is 10.2. The Morgan fingerprint density at radius 1 is 1.48 bits per heavy atom. The first-order valence-corrected chi connectivity index (χ1v) is 6.69. The summed E-state index contributed by atoms with van der Waals surface area (Å²) in [7, 11) is 0. The van der Waals surface area contributed by atoms with Crippen molar-refractivity contribution < 1.29 is 19.4 Å². The molecule has 0 saturated heterocycles. The van der Waals surface area contributed by atoms with Gasteiger partial charge in [0.1, 0.15) is 11.8 Å². The van der Waals surface area contributed by atoms with Crippen LogP contribution in [-0.2, 0) is 9.59 Å². The molecule has 0 saturated carbocycles. The van der Waals surface area contributed by atoms with Gasteiger partial charge in [0.2, 0.25) is 0 Å². The second-order valence-corrected chi connectivity index (χ2v) is 4.99. The fraction of sp³-hybridized carbons (Fsp3) is 0.286. The van der Waals surface area contributed by atoms with Crippen LogP contribution in [0.2, 0.25) is 10.0 Å². The number of carboxylic acid groups (broad SMARTS) is 1. The Labute approximate surface area is 132 Å².